The van der Waals surface area contributed by atoms with Gasteiger partial charge in [-0.15, -0.1) is 11.3 Å². The first-order valence-corrected chi connectivity index (χ1v) is 12.9. The van der Waals surface area contributed by atoms with Gasteiger partial charge in [0, 0.05) is 15.5 Å². The molecule has 182 valence electrons. The molecule has 1 fully saturated rings. The van der Waals surface area contributed by atoms with Crippen molar-refractivity contribution in [1.82, 2.24) is 14.9 Å². The molecule has 0 radical (unpaired) electrons. The topological polar surface area (TPSA) is 72.4 Å². The van der Waals surface area contributed by atoms with E-state index in [0.717, 1.165) is 21.6 Å². The summed E-state index contributed by atoms with van der Waals surface area (Å²) in [7, 11) is 0. The van der Waals surface area contributed by atoms with E-state index < -0.39 is 12.3 Å². The molecule has 2 aliphatic rings. The van der Waals surface area contributed by atoms with Gasteiger partial charge in [0.25, 0.3) is 11.8 Å². The van der Waals surface area contributed by atoms with Crippen LogP contribution in [0.5, 0.6) is 5.75 Å². The molecule has 2 aromatic heterocycles. The van der Waals surface area contributed by atoms with Crippen molar-refractivity contribution in [3.63, 3.8) is 0 Å². The Kier molecular flexibility index (Phi) is 5.73. The highest BCUT2D eigenvalue weighted by atomic mass is 35.5. The Hall–Kier alpha value is -3.36. The number of benzene rings is 2. The first-order valence-electron chi connectivity index (χ1n) is 11.7. The Balaban J connectivity index is 1.38. The third kappa shape index (κ3) is 3.85. The smallest absolute Gasteiger partial charge is 0.261 e. The summed E-state index contributed by atoms with van der Waals surface area (Å²) in [5, 5.41) is 0.521. The molecule has 36 heavy (non-hydrogen) atoms. The second-order valence-electron chi connectivity index (χ2n) is 9.09. The monoisotopic (exact) mass is 521 g/mol. The summed E-state index contributed by atoms with van der Waals surface area (Å²) in [4.78, 5) is 36.7. The van der Waals surface area contributed by atoms with Crippen molar-refractivity contribution in [3.05, 3.63) is 75.4 Å². The van der Waals surface area contributed by atoms with Crippen molar-refractivity contribution in [1.29, 1.82) is 0 Å². The van der Waals surface area contributed by atoms with Crippen LogP contribution in [0.1, 0.15) is 50.4 Å². The summed E-state index contributed by atoms with van der Waals surface area (Å²) in [6.45, 7) is 2.02. The molecule has 6 rings (SSSR count). The number of hydrogen-bond donors (Lipinski definition) is 0. The van der Waals surface area contributed by atoms with E-state index in [-0.39, 0.29) is 18.4 Å². The molecule has 0 spiro atoms. The molecule has 6 nitrogen and oxygen atoms in total. The van der Waals surface area contributed by atoms with Crippen molar-refractivity contribution in [2.24, 2.45) is 0 Å². The number of fused-ring (bicyclic) bond motifs is 2. The lowest BCUT2D eigenvalue weighted by molar-refractivity contribution is 0.0644. The number of thiophene rings is 1. The van der Waals surface area contributed by atoms with Crippen LogP contribution in [0.3, 0.4) is 0 Å². The number of nitrogens with zero attached hydrogens (tertiary/aromatic N) is 3. The Morgan fingerprint density at radius 2 is 1.83 bits per heavy atom. The van der Waals surface area contributed by atoms with Crippen LogP contribution in [0.25, 0.3) is 21.5 Å². The number of amides is 2. The highest BCUT2D eigenvalue weighted by Gasteiger charge is 2.35. The molecule has 9 heteroatoms. The molecule has 4 aromatic rings. The van der Waals surface area contributed by atoms with E-state index in [1.54, 1.807) is 36.4 Å². The number of aromatic nitrogens is 2. The van der Waals surface area contributed by atoms with Gasteiger partial charge in [-0.2, -0.15) is 0 Å². The number of carbonyl (C=O) groups excluding carboxylic acids is 2. The fourth-order valence-electron chi connectivity index (χ4n) is 4.94. The van der Waals surface area contributed by atoms with Gasteiger partial charge >= 0.3 is 0 Å². The quantitative estimate of drug-likeness (QED) is 0.285. The number of aryl methyl sites for hydroxylation is 1. The van der Waals surface area contributed by atoms with Crippen LogP contribution in [-0.4, -0.2) is 39.0 Å². The van der Waals surface area contributed by atoms with Crippen LogP contribution in [0.2, 0.25) is 5.02 Å². The summed E-state index contributed by atoms with van der Waals surface area (Å²) in [5.74, 6) is -0.0556. The number of carbonyl (C=O) groups is 2. The summed E-state index contributed by atoms with van der Waals surface area (Å²) in [6, 6.07) is 12.3. The molecule has 3 heterocycles. The molecule has 1 saturated carbocycles. The van der Waals surface area contributed by atoms with Crippen LogP contribution in [0.4, 0.5) is 4.39 Å². The maximum absolute atomic E-state index is 14.4. The van der Waals surface area contributed by atoms with Gasteiger partial charge in [0.1, 0.15) is 24.4 Å². The highest BCUT2D eigenvalue weighted by molar-refractivity contribution is 7.19. The molecule has 0 saturated heterocycles. The lowest BCUT2D eigenvalue weighted by Gasteiger charge is -2.20. The van der Waals surface area contributed by atoms with E-state index >= 15 is 0 Å². The molecule has 2 atom stereocenters. The van der Waals surface area contributed by atoms with E-state index in [9.17, 15) is 14.0 Å². The lowest BCUT2D eigenvalue weighted by atomic mass is 10.1. The van der Waals surface area contributed by atoms with Crippen molar-refractivity contribution < 1.29 is 18.7 Å². The normalized spacial score (nSPS) is 19.4. The van der Waals surface area contributed by atoms with Gasteiger partial charge in [-0.3, -0.25) is 14.5 Å². The molecule has 0 unspecified atom stereocenters. The zero-order chi connectivity index (χ0) is 25.0. The summed E-state index contributed by atoms with van der Waals surface area (Å²) >= 11 is 7.82. The van der Waals surface area contributed by atoms with Crippen LogP contribution >= 0.6 is 22.9 Å². The average Bonchev–Trinajstić information content (AvgIpc) is 3.53. The number of hydrogen-bond acceptors (Lipinski definition) is 6. The second kappa shape index (κ2) is 8.94. The van der Waals surface area contributed by atoms with Crippen molar-refractivity contribution >= 4 is 45.0 Å². The Morgan fingerprint density at radius 3 is 2.53 bits per heavy atom. The van der Waals surface area contributed by atoms with Gasteiger partial charge in [0.05, 0.1) is 33.6 Å². The van der Waals surface area contributed by atoms with Gasteiger partial charge in [0.2, 0.25) is 0 Å². The van der Waals surface area contributed by atoms with Gasteiger partial charge < -0.3 is 4.74 Å². The molecule has 2 aromatic carbocycles. The van der Waals surface area contributed by atoms with Crippen molar-refractivity contribution in [2.75, 3.05) is 0 Å². The van der Waals surface area contributed by atoms with Gasteiger partial charge in [-0.1, -0.05) is 23.7 Å². The summed E-state index contributed by atoms with van der Waals surface area (Å²) in [5.41, 5.74) is 3.60. The molecule has 0 bridgehead atoms. The molecule has 2 amide bonds. The lowest BCUT2D eigenvalue weighted by Crippen LogP contribution is -2.28. The number of alkyl halides is 1. The van der Waals surface area contributed by atoms with Crippen LogP contribution < -0.4 is 4.74 Å². The minimum Gasteiger partial charge on any atom is -0.486 e. The standard InChI is InChI=1S/C27H21ClFN3O3S/c1-14-9-15(28)10-19(24(14)35-22-8-4-7-20(22)29)23-25-21(30-13-31-23)11-16(36-25)12-32-26(33)17-5-2-3-6-18(17)27(32)34/h2-3,5-6,9-11,13,20,22H,4,7-8,12H2,1H3/t20-,22+/m0/s1. The van der Waals surface area contributed by atoms with E-state index in [0.29, 0.717) is 51.5 Å². The second-order valence-corrected chi connectivity index (χ2v) is 10.7. The predicted octanol–water partition coefficient (Wildman–Crippen LogP) is 6.39. The SMILES string of the molecule is Cc1cc(Cl)cc(-c2ncnc3cc(CN4C(=O)c5ccccc5C4=O)sc23)c1O[C@@H]1CCC[C@@H]1F. The molecule has 1 aliphatic carbocycles. The fourth-order valence-corrected chi connectivity index (χ4v) is 6.31. The molecule has 0 N–H and O–H groups in total. The van der Waals surface area contributed by atoms with Gasteiger partial charge in [-0.25, -0.2) is 14.4 Å². The summed E-state index contributed by atoms with van der Waals surface area (Å²) in [6.07, 6.45) is 1.89. The zero-order valence-corrected chi connectivity index (χ0v) is 20.9. The van der Waals surface area contributed by atoms with Gasteiger partial charge in [-0.05, 0) is 62.1 Å². The van der Waals surface area contributed by atoms with Crippen LogP contribution in [0, 0.1) is 6.92 Å². The first-order chi connectivity index (χ1) is 17.4. The third-order valence-electron chi connectivity index (χ3n) is 6.69. The Morgan fingerprint density at radius 1 is 1.08 bits per heavy atom. The molecule has 1 aliphatic heterocycles. The highest BCUT2D eigenvalue weighted by Crippen LogP contribution is 2.42. The minimum atomic E-state index is -1.01. The first kappa shape index (κ1) is 23.1. The van der Waals surface area contributed by atoms with E-state index in [4.69, 9.17) is 16.3 Å². The molecular weight excluding hydrogens is 501 g/mol. The predicted molar refractivity (Wildman–Crippen MR) is 136 cm³/mol. The van der Waals surface area contributed by atoms with Crippen molar-refractivity contribution in [3.8, 4) is 17.0 Å². The maximum atomic E-state index is 14.4. The fraction of sp³-hybridized carbons (Fsp3) is 0.259. The van der Waals surface area contributed by atoms with Crippen LogP contribution in [0.15, 0.2) is 48.8 Å². The number of halogens is 2. The zero-order valence-electron chi connectivity index (χ0n) is 19.3. The van der Waals surface area contributed by atoms with E-state index in [2.05, 4.69) is 9.97 Å². The average molecular weight is 522 g/mol. The van der Waals surface area contributed by atoms with E-state index in [1.807, 2.05) is 13.0 Å². The number of imide groups is 1. The maximum Gasteiger partial charge on any atom is 0.261 e. The third-order valence-corrected chi connectivity index (χ3v) is 8.02. The van der Waals surface area contributed by atoms with E-state index in [1.165, 1.54) is 22.6 Å². The van der Waals surface area contributed by atoms with Crippen LogP contribution in [-0.2, 0) is 6.54 Å². The Bertz CT molecular complexity index is 1500. The van der Waals surface area contributed by atoms with Crippen molar-refractivity contribution in [2.45, 2.75) is 45.0 Å². The number of rotatable bonds is 5. The summed E-state index contributed by atoms with van der Waals surface area (Å²) < 4.78 is 21.4. The largest absolute Gasteiger partial charge is 0.486 e. The molecular formula is C27H21ClFN3O3S. The Labute approximate surface area is 215 Å². The minimum absolute atomic E-state index is 0.135. The van der Waals surface area contributed by atoms with Gasteiger partial charge in [0.15, 0.2) is 0 Å². The number of ether oxygens (including phenoxy) is 1.